The lowest BCUT2D eigenvalue weighted by Crippen LogP contribution is -2.58. The van der Waals surface area contributed by atoms with E-state index in [0.717, 1.165) is 29.9 Å². The first-order chi connectivity index (χ1) is 14.2. The van der Waals surface area contributed by atoms with Crippen molar-refractivity contribution in [3.8, 4) is 0 Å². The molecule has 0 N–H and O–H groups in total. The van der Waals surface area contributed by atoms with Crippen molar-refractivity contribution in [1.82, 2.24) is 5.06 Å². The monoisotopic (exact) mass is 507 g/mol. The SMILES string of the molecule is CC1(C)CC(CON2C(C)(C)CCCC2(C)C)[N+](/N=C(\[O-])C(Cl)(Cl)Cl)=C1c1cccs1. The summed E-state index contributed by atoms with van der Waals surface area (Å²) in [6.45, 7) is 13.5. The molecule has 174 valence electrons. The number of hydrogen-bond donors (Lipinski definition) is 0. The summed E-state index contributed by atoms with van der Waals surface area (Å²) >= 11 is 19.1. The smallest absolute Gasteiger partial charge is 0.231 e. The second-order valence-electron chi connectivity index (χ2n) is 10.4. The van der Waals surface area contributed by atoms with Gasteiger partial charge in [-0.3, -0.25) is 4.84 Å². The van der Waals surface area contributed by atoms with Gasteiger partial charge in [0.2, 0.25) is 15.5 Å². The predicted molar refractivity (Wildman–Crippen MR) is 128 cm³/mol. The molecule has 0 amide bonds. The Morgan fingerprint density at radius 2 is 1.84 bits per heavy atom. The number of halogens is 3. The first-order valence-electron chi connectivity index (χ1n) is 10.6. The van der Waals surface area contributed by atoms with Gasteiger partial charge in [0.15, 0.2) is 0 Å². The van der Waals surface area contributed by atoms with Gasteiger partial charge in [-0.2, -0.15) is 5.06 Å². The Morgan fingerprint density at radius 1 is 1.23 bits per heavy atom. The summed E-state index contributed by atoms with van der Waals surface area (Å²) in [6.07, 6.45) is 4.08. The third-order valence-corrected chi connectivity index (χ3v) is 7.59. The van der Waals surface area contributed by atoms with E-state index < -0.39 is 9.69 Å². The van der Waals surface area contributed by atoms with Crippen LogP contribution in [0.25, 0.3) is 0 Å². The van der Waals surface area contributed by atoms with E-state index in [4.69, 9.17) is 39.6 Å². The van der Waals surface area contributed by atoms with Gasteiger partial charge >= 0.3 is 0 Å². The van der Waals surface area contributed by atoms with Crippen LogP contribution in [0.15, 0.2) is 22.6 Å². The molecule has 3 heterocycles. The Hall–Kier alpha value is -0.370. The van der Waals surface area contributed by atoms with Gasteiger partial charge in [0.05, 0.1) is 16.2 Å². The van der Waals surface area contributed by atoms with Crippen LogP contribution < -0.4 is 5.11 Å². The van der Waals surface area contributed by atoms with Crippen LogP contribution in [0, 0.1) is 5.41 Å². The van der Waals surface area contributed by atoms with Crippen molar-refractivity contribution >= 4 is 57.7 Å². The lowest BCUT2D eigenvalue weighted by molar-refractivity contribution is -0.574. The molecule has 0 saturated carbocycles. The topological polar surface area (TPSA) is 50.9 Å². The van der Waals surface area contributed by atoms with Gasteiger partial charge in [-0.05, 0) is 77.4 Å². The van der Waals surface area contributed by atoms with E-state index >= 15 is 0 Å². The fourth-order valence-corrected chi connectivity index (χ4v) is 6.08. The molecule has 1 aromatic heterocycles. The maximum atomic E-state index is 12.5. The molecule has 0 spiro atoms. The van der Waals surface area contributed by atoms with E-state index in [1.807, 2.05) is 17.5 Å². The molecule has 31 heavy (non-hydrogen) atoms. The zero-order valence-corrected chi connectivity index (χ0v) is 22.1. The van der Waals surface area contributed by atoms with Crippen molar-refractivity contribution < 1.29 is 14.6 Å². The number of rotatable bonds is 5. The van der Waals surface area contributed by atoms with Crippen LogP contribution >= 0.6 is 46.1 Å². The molecule has 9 heteroatoms. The van der Waals surface area contributed by atoms with E-state index in [0.29, 0.717) is 6.61 Å². The first kappa shape index (κ1) is 25.3. The quantitative estimate of drug-likeness (QED) is 0.233. The molecule has 1 fully saturated rings. The number of alkyl halides is 3. The van der Waals surface area contributed by atoms with Gasteiger partial charge in [-0.15, -0.1) is 11.3 Å². The molecule has 1 saturated heterocycles. The highest BCUT2D eigenvalue weighted by Gasteiger charge is 2.51. The normalized spacial score (nSPS) is 26.5. The minimum absolute atomic E-state index is 0.0778. The molecule has 1 atom stereocenters. The number of hydrazone groups is 1. The second kappa shape index (κ2) is 8.77. The lowest BCUT2D eigenvalue weighted by Gasteiger charge is -2.51. The Kier molecular flexibility index (Phi) is 7.14. The molecule has 3 rings (SSSR count). The molecule has 2 aliphatic rings. The highest BCUT2D eigenvalue weighted by molar-refractivity contribution is 7.12. The highest BCUT2D eigenvalue weighted by atomic mass is 35.6. The fourth-order valence-electron chi connectivity index (χ4n) is 5.03. The summed E-state index contributed by atoms with van der Waals surface area (Å²) in [5.74, 6) is -0.798. The average molecular weight is 509 g/mol. The fraction of sp³-hybridized carbons (Fsp3) is 0.727. The molecular weight excluding hydrogens is 477 g/mol. The Morgan fingerprint density at radius 3 is 2.35 bits per heavy atom. The summed E-state index contributed by atoms with van der Waals surface area (Å²) < 4.78 is -0.366. The Balaban J connectivity index is 1.97. The number of thiophene rings is 1. The van der Waals surface area contributed by atoms with Gasteiger partial charge in [-0.25, -0.2) is 0 Å². The van der Waals surface area contributed by atoms with Crippen LogP contribution in [-0.2, 0) is 4.84 Å². The van der Waals surface area contributed by atoms with E-state index in [1.54, 1.807) is 16.0 Å². The van der Waals surface area contributed by atoms with Crippen molar-refractivity contribution in [2.75, 3.05) is 6.61 Å². The first-order valence-corrected chi connectivity index (χ1v) is 12.6. The summed E-state index contributed by atoms with van der Waals surface area (Å²) in [5.41, 5.74) is 0.580. The molecule has 0 bridgehead atoms. The van der Waals surface area contributed by atoms with Crippen LogP contribution in [0.2, 0.25) is 0 Å². The Labute approximate surface area is 204 Å². The van der Waals surface area contributed by atoms with Crippen molar-refractivity contribution in [1.29, 1.82) is 0 Å². The minimum Gasteiger partial charge on any atom is -0.855 e. The predicted octanol–water partition coefficient (Wildman–Crippen LogP) is 5.37. The van der Waals surface area contributed by atoms with E-state index in [1.165, 1.54) is 6.42 Å². The summed E-state index contributed by atoms with van der Waals surface area (Å²) in [5, 5.41) is 21.0. The molecule has 2 aliphatic heterocycles. The summed E-state index contributed by atoms with van der Waals surface area (Å²) in [6, 6.07) is 3.86. The van der Waals surface area contributed by atoms with Crippen LogP contribution in [-0.4, -0.2) is 48.9 Å². The second-order valence-corrected chi connectivity index (χ2v) is 13.6. The lowest BCUT2D eigenvalue weighted by atomic mass is 9.82. The Bertz CT molecular complexity index is 842. The molecule has 0 aliphatic carbocycles. The molecule has 1 aromatic rings. The van der Waals surface area contributed by atoms with Gasteiger partial charge in [-0.1, -0.05) is 45.6 Å². The number of nitrogens with zero attached hydrogens (tertiary/aromatic N) is 3. The van der Waals surface area contributed by atoms with Gasteiger partial charge < -0.3 is 5.11 Å². The molecule has 0 aromatic carbocycles. The highest BCUT2D eigenvalue weighted by Crippen LogP contribution is 2.41. The van der Waals surface area contributed by atoms with Crippen molar-refractivity contribution in [2.24, 2.45) is 10.5 Å². The largest absolute Gasteiger partial charge is 0.855 e. The van der Waals surface area contributed by atoms with E-state index in [9.17, 15) is 5.11 Å². The standard InChI is InChI=1S/C22H32Cl3N3O2S/c1-19(2)13-15(14-30-28-20(3,4)10-8-11-21(28,5)6)27(26-18(29)22(23,24)25)17(19)16-9-7-12-31-16/h7,9,12,15H,8,10-11,13-14H2,1-6H3. The number of hydroxylamine groups is 2. The zero-order chi connectivity index (χ0) is 23.2. The maximum Gasteiger partial charge on any atom is 0.231 e. The number of hydrogen-bond acceptors (Lipinski definition) is 5. The maximum absolute atomic E-state index is 12.5. The van der Waals surface area contributed by atoms with Crippen molar-refractivity contribution in [2.45, 2.75) is 88.1 Å². The zero-order valence-electron chi connectivity index (χ0n) is 19.0. The van der Waals surface area contributed by atoms with Crippen LogP contribution in [0.5, 0.6) is 0 Å². The third-order valence-electron chi connectivity index (χ3n) is 6.23. The molecule has 1 unspecified atom stereocenters. The van der Waals surface area contributed by atoms with Crippen molar-refractivity contribution in [3.63, 3.8) is 0 Å². The van der Waals surface area contributed by atoms with Crippen LogP contribution in [0.4, 0.5) is 0 Å². The van der Waals surface area contributed by atoms with E-state index in [2.05, 4.69) is 51.7 Å². The van der Waals surface area contributed by atoms with Gasteiger partial charge in [0.25, 0.3) is 0 Å². The summed E-state index contributed by atoms with van der Waals surface area (Å²) in [4.78, 5) is 7.51. The molecule has 0 radical (unpaired) electrons. The van der Waals surface area contributed by atoms with Crippen molar-refractivity contribution in [3.05, 3.63) is 22.4 Å². The molecular formula is C22H32Cl3N3O2S. The minimum atomic E-state index is -2.10. The molecule has 5 nitrogen and oxygen atoms in total. The van der Waals surface area contributed by atoms with Crippen LogP contribution in [0.3, 0.4) is 0 Å². The summed E-state index contributed by atoms with van der Waals surface area (Å²) in [7, 11) is 0. The van der Waals surface area contributed by atoms with Gasteiger partial charge in [0, 0.05) is 17.5 Å². The van der Waals surface area contributed by atoms with Crippen LogP contribution in [0.1, 0.15) is 72.1 Å². The van der Waals surface area contributed by atoms with E-state index in [-0.39, 0.29) is 22.5 Å². The average Bonchev–Trinajstić information content (AvgIpc) is 3.18. The third kappa shape index (κ3) is 5.42. The number of piperidine rings is 1. The van der Waals surface area contributed by atoms with Gasteiger partial charge in [0.1, 0.15) is 6.61 Å².